The molecule has 1 saturated carbocycles. The van der Waals surface area contributed by atoms with Gasteiger partial charge in [-0.3, -0.25) is 4.79 Å². The molecular weight excluding hydrogens is 422 g/mol. The van der Waals surface area contributed by atoms with Crippen molar-refractivity contribution in [1.82, 2.24) is 5.32 Å². The Hall–Kier alpha value is -3.35. The second kappa shape index (κ2) is 8.89. The van der Waals surface area contributed by atoms with E-state index in [1.54, 1.807) is 20.8 Å². The van der Waals surface area contributed by atoms with Crippen LogP contribution in [0.2, 0.25) is 0 Å². The summed E-state index contributed by atoms with van der Waals surface area (Å²) in [5.41, 5.74) is 3.82. The average molecular weight is 452 g/mol. The Labute approximate surface area is 193 Å². The van der Waals surface area contributed by atoms with Crippen LogP contribution in [0.15, 0.2) is 48.5 Å². The number of rotatable bonds is 6. The van der Waals surface area contributed by atoms with Crippen molar-refractivity contribution in [2.75, 3.05) is 6.61 Å². The lowest BCUT2D eigenvalue weighted by Gasteiger charge is -2.38. The first kappa shape index (κ1) is 22.8. The fourth-order valence-corrected chi connectivity index (χ4v) is 4.66. The van der Waals surface area contributed by atoms with E-state index in [-0.39, 0.29) is 30.3 Å². The summed E-state index contributed by atoms with van der Waals surface area (Å²) in [6.45, 7) is 5.48. The predicted octanol–water partition coefficient (Wildman–Crippen LogP) is 4.35. The van der Waals surface area contributed by atoms with Gasteiger partial charge in [-0.15, -0.1) is 0 Å². The molecule has 0 aliphatic heterocycles. The van der Waals surface area contributed by atoms with Gasteiger partial charge in [-0.05, 0) is 61.8 Å². The van der Waals surface area contributed by atoms with Crippen LogP contribution in [0.3, 0.4) is 0 Å². The normalized spacial score (nSPS) is 20.1. The maximum absolute atomic E-state index is 12.5. The summed E-state index contributed by atoms with van der Waals surface area (Å²) in [6, 6.07) is 14.9. The van der Waals surface area contributed by atoms with Gasteiger partial charge in [0.15, 0.2) is 0 Å². The number of carboxylic acids is 1. The molecule has 0 spiro atoms. The molecule has 0 bridgehead atoms. The zero-order valence-electron chi connectivity index (χ0n) is 19.0. The number of aliphatic carboxylic acids is 1. The average Bonchev–Trinajstić information content (AvgIpc) is 3.03. The SMILES string of the molecule is CC(C)(C)OC(=O)C1CC(C(NC(=O)OCC2c3ccccc3-c3ccccc32)C(=O)O)C1. The number of hydrogen-bond acceptors (Lipinski definition) is 5. The molecule has 1 amide bonds. The summed E-state index contributed by atoms with van der Waals surface area (Å²) < 4.78 is 10.8. The molecule has 2 N–H and O–H groups in total. The number of nitrogens with one attached hydrogen (secondary N) is 1. The van der Waals surface area contributed by atoms with Gasteiger partial charge < -0.3 is 19.9 Å². The Balaban J connectivity index is 1.35. The van der Waals surface area contributed by atoms with Crippen LogP contribution in [0, 0.1) is 11.8 Å². The van der Waals surface area contributed by atoms with Crippen LogP contribution in [-0.2, 0) is 19.1 Å². The molecule has 7 heteroatoms. The van der Waals surface area contributed by atoms with E-state index in [9.17, 15) is 19.5 Å². The van der Waals surface area contributed by atoms with Crippen LogP contribution in [0.1, 0.15) is 50.7 Å². The number of amides is 1. The van der Waals surface area contributed by atoms with E-state index < -0.39 is 23.7 Å². The van der Waals surface area contributed by atoms with E-state index in [4.69, 9.17) is 9.47 Å². The van der Waals surface area contributed by atoms with Crippen LogP contribution in [0.25, 0.3) is 11.1 Å². The van der Waals surface area contributed by atoms with Crippen molar-refractivity contribution in [2.24, 2.45) is 11.8 Å². The molecule has 1 fully saturated rings. The molecular formula is C26H29NO6. The third kappa shape index (κ3) is 4.87. The summed E-state index contributed by atoms with van der Waals surface area (Å²) in [5.74, 6) is -2.27. The lowest BCUT2D eigenvalue weighted by Crippen LogP contribution is -2.52. The van der Waals surface area contributed by atoms with E-state index in [1.807, 2.05) is 48.5 Å². The number of alkyl carbamates (subject to hydrolysis) is 1. The van der Waals surface area contributed by atoms with Crippen LogP contribution in [-0.4, -0.2) is 41.4 Å². The lowest BCUT2D eigenvalue weighted by atomic mass is 9.71. The second-order valence-electron chi connectivity index (χ2n) is 9.75. The van der Waals surface area contributed by atoms with Gasteiger partial charge in [0.1, 0.15) is 18.2 Å². The number of esters is 1. The lowest BCUT2D eigenvalue weighted by molar-refractivity contribution is -0.166. The van der Waals surface area contributed by atoms with Crippen molar-refractivity contribution in [3.63, 3.8) is 0 Å². The monoisotopic (exact) mass is 451 g/mol. The highest BCUT2D eigenvalue weighted by atomic mass is 16.6. The fourth-order valence-electron chi connectivity index (χ4n) is 4.66. The minimum absolute atomic E-state index is 0.105. The third-order valence-corrected chi connectivity index (χ3v) is 6.27. The molecule has 1 unspecified atom stereocenters. The molecule has 0 radical (unpaired) electrons. The summed E-state index contributed by atoms with van der Waals surface area (Å²) in [6.07, 6.45) is -0.0598. The molecule has 0 heterocycles. The minimum atomic E-state index is -1.14. The van der Waals surface area contributed by atoms with Gasteiger partial charge in [0, 0.05) is 5.92 Å². The van der Waals surface area contributed by atoms with Gasteiger partial charge >= 0.3 is 18.0 Å². The predicted molar refractivity (Wildman–Crippen MR) is 122 cm³/mol. The maximum Gasteiger partial charge on any atom is 0.407 e. The van der Waals surface area contributed by atoms with Crippen molar-refractivity contribution in [2.45, 2.75) is 51.2 Å². The highest BCUT2D eigenvalue weighted by Crippen LogP contribution is 2.44. The van der Waals surface area contributed by atoms with Gasteiger partial charge in [0.2, 0.25) is 0 Å². The summed E-state index contributed by atoms with van der Waals surface area (Å²) in [4.78, 5) is 36.4. The summed E-state index contributed by atoms with van der Waals surface area (Å²) in [5, 5.41) is 12.1. The van der Waals surface area contributed by atoms with Crippen molar-refractivity contribution >= 4 is 18.0 Å². The number of carboxylic acid groups (broad SMARTS) is 1. The molecule has 2 aromatic carbocycles. The summed E-state index contributed by atoms with van der Waals surface area (Å²) in [7, 11) is 0. The number of carbonyl (C=O) groups is 3. The largest absolute Gasteiger partial charge is 0.480 e. The highest BCUT2D eigenvalue weighted by Gasteiger charge is 2.44. The number of ether oxygens (including phenoxy) is 2. The quantitative estimate of drug-likeness (QED) is 0.634. The molecule has 0 saturated heterocycles. The van der Waals surface area contributed by atoms with Gasteiger partial charge in [-0.25, -0.2) is 9.59 Å². The highest BCUT2D eigenvalue weighted by molar-refractivity contribution is 5.82. The second-order valence-corrected chi connectivity index (χ2v) is 9.75. The Morgan fingerprint density at radius 2 is 1.55 bits per heavy atom. The first-order chi connectivity index (χ1) is 15.6. The van der Waals surface area contributed by atoms with Gasteiger partial charge in [-0.2, -0.15) is 0 Å². The Kier molecular flexibility index (Phi) is 6.15. The third-order valence-electron chi connectivity index (χ3n) is 6.27. The van der Waals surface area contributed by atoms with Crippen LogP contribution in [0.5, 0.6) is 0 Å². The van der Waals surface area contributed by atoms with E-state index in [0.717, 1.165) is 22.3 Å². The summed E-state index contributed by atoms with van der Waals surface area (Å²) >= 11 is 0. The molecule has 2 aliphatic rings. The minimum Gasteiger partial charge on any atom is -0.480 e. The van der Waals surface area contributed by atoms with Crippen LogP contribution >= 0.6 is 0 Å². The number of carbonyl (C=O) groups excluding carboxylic acids is 2. The number of fused-ring (bicyclic) bond motifs is 3. The first-order valence-corrected chi connectivity index (χ1v) is 11.2. The van der Waals surface area contributed by atoms with Crippen LogP contribution < -0.4 is 5.32 Å². The van der Waals surface area contributed by atoms with Gasteiger partial charge in [0.25, 0.3) is 0 Å². The van der Waals surface area contributed by atoms with Crippen LogP contribution in [0.4, 0.5) is 4.79 Å². The van der Waals surface area contributed by atoms with Gasteiger partial charge in [0.05, 0.1) is 5.92 Å². The Bertz CT molecular complexity index is 1020. The number of benzene rings is 2. The standard InChI is InChI=1S/C26H29NO6/c1-26(2,3)33-24(30)16-12-15(13-16)22(23(28)29)27-25(31)32-14-21-19-10-6-4-8-17(19)18-9-5-7-11-20(18)21/h4-11,15-16,21-22H,12-14H2,1-3H3,(H,27,31)(H,28,29). The maximum atomic E-state index is 12.5. The van der Waals surface area contributed by atoms with E-state index in [0.29, 0.717) is 12.8 Å². The topological polar surface area (TPSA) is 102 Å². The first-order valence-electron chi connectivity index (χ1n) is 11.2. The molecule has 4 rings (SSSR count). The molecule has 174 valence electrons. The number of hydrogen-bond donors (Lipinski definition) is 2. The van der Waals surface area contributed by atoms with Crippen molar-refractivity contribution in [3.8, 4) is 11.1 Å². The zero-order chi connectivity index (χ0) is 23.8. The molecule has 2 aliphatic carbocycles. The zero-order valence-corrected chi connectivity index (χ0v) is 19.0. The smallest absolute Gasteiger partial charge is 0.407 e. The van der Waals surface area contributed by atoms with Gasteiger partial charge in [-0.1, -0.05) is 48.5 Å². The van der Waals surface area contributed by atoms with Crippen molar-refractivity contribution < 1.29 is 29.0 Å². The molecule has 33 heavy (non-hydrogen) atoms. The molecule has 1 atom stereocenters. The van der Waals surface area contributed by atoms with Crippen molar-refractivity contribution in [3.05, 3.63) is 59.7 Å². The Morgan fingerprint density at radius 1 is 1.00 bits per heavy atom. The van der Waals surface area contributed by atoms with E-state index >= 15 is 0 Å². The van der Waals surface area contributed by atoms with E-state index in [1.165, 1.54) is 0 Å². The van der Waals surface area contributed by atoms with E-state index in [2.05, 4.69) is 5.32 Å². The fraction of sp³-hybridized carbons (Fsp3) is 0.423. The van der Waals surface area contributed by atoms with Crippen molar-refractivity contribution in [1.29, 1.82) is 0 Å². The molecule has 2 aromatic rings. The molecule has 0 aromatic heterocycles. The Morgan fingerprint density at radius 3 is 2.06 bits per heavy atom. The molecule has 7 nitrogen and oxygen atoms in total.